The van der Waals surface area contributed by atoms with Gasteiger partial charge in [0.25, 0.3) is 0 Å². The predicted octanol–water partition coefficient (Wildman–Crippen LogP) is 4.67. The van der Waals surface area contributed by atoms with Crippen molar-refractivity contribution in [2.75, 3.05) is 6.61 Å². The van der Waals surface area contributed by atoms with Crippen LogP contribution in [-0.2, 0) is 4.74 Å². The molecule has 0 saturated heterocycles. The van der Waals surface area contributed by atoms with E-state index >= 15 is 0 Å². The summed E-state index contributed by atoms with van der Waals surface area (Å²) in [6, 6.07) is 18.8. The van der Waals surface area contributed by atoms with Crippen molar-refractivity contribution in [1.82, 2.24) is 10.2 Å². The summed E-state index contributed by atoms with van der Waals surface area (Å²) in [7, 11) is 0. The van der Waals surface area contributed by atoms with Crippen LogP contribution < -0.4 is 0 Å². The second-order valence-electron chi connectivity index (χ2n) is 4.92. The molecule has 3 aromatic rings. The van der Waals surface area contributed by atoms with Gasteiger partial charge in [0.2, 0.25) is 0 Å². The van der Waals surface area contributed by atoms with Gasteiger partial charge in [0.1, 0.15) is 11.4 Å². The van der Waals surface area contributed by atoms with Crippen LogP contribution in [0.3, 0.4) is 0 Å². The maximum atomic E-state index is 12.1. The number of aromatic nitrogens is 2. The quantitative estimate of drug-likeness (QED) is 0.548. The number of rotatable bonds is 5. The van der Waals surface area contributed by atoms with Gasteiger partial charge in [-0.2, -0.15) is 10.2 Å². The maximum Gasteiger partial charge on any atom is 0.358 e. The van der Waals surface area contributed by atoms with Gasteiger partial charge in [0.05, 0.1) is 12.3 Å². The Morgan fingerprint density at radius 2 is 1.71 bits per heavy atom. The van der Waals surface area contributed by atoms with E-state index in [-0.39, 0.29) is 12.3 Å². The highest BCUT2D eigenvalue weighted by Gasteiger charge is 2.21. The molecule has 2 aromatic carbocycles. The number of carbonyl (C=O) groups excluding carboxylic acids is 1. The third kappa shape index (κ3) is 3.38. The Hall–Kier alpha value is -3.28. The molecular formula is C18H16N4O2. The van der Waals surface area contributed by atoms with Gasteiger partial charge in [-0.05, 0) is 19.1 Å². The summed E-state index contributed by atoms with van der Waals surface area (Å²) in [6.45, 7) is 2.02. The molecule has 3 rings (SSSR count). The summed E-state index contributed by atoms with van der Waals surface area (Å²) in [5, 5.41) is 15.4. The molecule has 0 aliphatic rings. The Kier molecular flexibility index (Phi) is 4.76. The Morgan fingerprint density at radius 1 is 1.04 bits per heavy atom. The molecule has 0 aliphatic heterocycles. The minimum Gasteiger partial charge on any atom is -0.461 e. The fourth-order valence-electron chi connectivity index (χ4n) is 2.18. The van der Waals surface area contributed by atoms with Crippen molar-refractivity contribution in [2.24, 2.45) is 10.2 Å². The molecular weight excluding hydrogens is 304 g/mol. The summed E-state index contributed by atoms with van der Waals surface area (Å²) in [5.74, 6) is -0.505. The number of H-pyrrole nitrogens is 1. The van der Waals surface area contributed by atoms with Crippen LogP contribution in [-0.4, -0.2) is 22.8 Å². The average Bonchev–Trinajstić information content (AvgIpc) is 3.06. The molecule has 6 heteroatoms. The van der Waals surface area contributed by atoms with Gasteiger partial charge in [0.15, 0.2) is 5.69 Å². The Morgan fingerprint density at radius 3 is 2.38 bits per heavy atom. The molecule has 0 atom stereocenters. The van der Waals surface area contributed by atoms with E-state index in [2.05, 4.69) is 20.4 Å². The van der Waals surface area contributed by atoms with Crippen molar-refractivity contribution in [2.45, 2.75) is 6.92 Å². The van der Waals surface area contributed by atoms with Crippen LogP contribution in [0.15, 0.2) is 70.9 Å². The lowest BCUT2D eigenvalue weighted by atomic mass is 10.1. The number of azo groups is 1. The zero-order chi connectivity index (χ0) is 16.8. The number of benzene rings is 2. The number of carbonyl (C=O) groups is 1. The second kappa shape index (κ2) is 7.32. The summed E-state index contributed by atoms with van der Waals surface area (Å²) < 4.78 is 5.06. The van der Waals surface area contributed by atoms with Crippen molar-refractivity contribution in [3.63, 3.8) is 0 Å². The van der Waals surface area contributed by atoms with Crippen LogP contribution in [0.1, 0.15) is 17.4 Å². The summed E-state index contributed by atoms with van der Waals surface area (Å²) in [5.41, 5.74) is 2.64. The Bertz CT molecular complexity index is 842. The summed E-state index contributed by atoms with van der Waals surface area (Å²) >= 11 is 0. The van der Waals surface area contributed by atoms with Crippen LogP contribution in [0.2, 0.25) is 0 Å². The van der Waals surface area contributed by atoms with Crippen LogP contribution in [0.5, 0.6) is 0 Å². The number of hydrogen-bond donors (Lipinski definition) is 1. The summed E-state index contributed by atoms with van der Waals surface area (Å²) in [4.78, 5) is 12.1. The first kappa shape index (κ1) is 15.6. The van der Waals surface area contributed by atoms with Gasteiger partial charge in [-0.1, -0.05) is 48.5 Å². The summed E-state index contributed by atoms with van der Waals surface area (Å²) in [6.07, 6.45) is 0. The van der Waals surface area contributed by atoms with Gasteiger partial charge in [-0.3, -0.25) is 5.10 Å². The normalized spacial score (nSPS) is 10.9. The minimum absolute atomic E-state index is 0.190. The van der Waals surface area contributed by atoms with Crippen LogP contribution >= 0.6 is 0 Å². The maximum absolute atomic E-state index is 12.1. The van der Waals surface area contributed by atoms with Crippen molar-refractivity contribution < 1.29 is 9.53 Å². The largest absolute Gasteiger partial charge is 0.461 e. The highest BCUT2D eigenvalue weighted by molar-refractivity contribution is 5.96. The van der Waals surface area contributed by atoms with Crippen LogP contribution in [0.25, 0.3) is 11.3 Å². The first-order valence-electron chi connectivity index (χ1n) is 7.57. The van der Waals surface area contributed by atoms with Crippen molar-refractivity contribution in [3.05, 3.63) is 66.4 Å². The topological polar surface area (TPSA) is 79.7 Å². The molecule has 24 heavy (non-hydrogen) atoms. The molecule has 0 fully saturated rings. The molecule has 0 spiro atoms. The van der Waals surface area contributed by atoms with E-state index in [1.807, 2.05) is 60.7 Å². The predicted molar refractivity (Wildman–Crippen MR) is 90.6 cm³/mol. The van der Waals surface area contributed by atoms with Crippen molar-refractivity contribution in [1.29, 1.82) is 0 Å². The molecule has 0 unspecified atom stereocenters. The van der Waals surface area contributed by atoms with E-state index in [1.165, 1.54) is 0 Å². The third-order valence-corrected chi connectivity index (χ3v) is 3.29. The molecule has 0 amide bonds. The van der Waals surface area contributed by atoms with E-state index in [9.17, 15) is 4.79 Å². The zero-order valence-electron chi connectivity index (χ0n) is 13.1. The Balaban J connectivity index is 2.04. The lowest BCUT2D eigenvalue weighted by Gasteiger charge is -2.01. The smallest absolute Gasteiger partial charge is 0.358 e. The van der Waals surface area contributed by atoms with Crippen LogP contribution in [0, 0.1) is 0 Å². The molecule has 6 nitrogen and oxygen atoms in total. The number of esters is 1. The molecule has 0 saturated carbocycles. The molecule has 1 N–H and O–H groups in total. The van der Waals surface area contributed by atoms with E-state index in [0.29, 0.717) is 17.1 Å². The molecule has 1 heterocycles. The van der Waals surface area contributed by atoms with Gasteiger partial charge in [-0.25, -0.2) is 4.79 Å². The SMILES string of the molecule is CCOC(=O)c1[nH]nc(-c2ccccc2)c1N=Nc1ccccc1. The minimum atomic E-state index is -0.505. The lowest BCUT2D eigenvalue weighted by Crippen LogP contribution is -2.05. The number of ether oxygens (including phenoxy) is 1. The third-order valence-electron chi connectivity index (χ3n) is 3.29. The highest BCUT2D eigenvalue weighted by Crippen LogP contribution is 2.33. The fourth-order valence-corrected chi connectivity index (χ4v) is 2.18. The van der Waals surface area contributed by atoms with E-state index in [4.69, 9.17) is 4.74 Å². The molecule has 0 radical (unpaired) electrons. The number of nitrogens with zero attached hydrogens (tertiary/aromatic N) is 3. The fraction of sp³-hybridized carbons (Fsp3) is 0.111. The standard InChI is InChI=1S/C18H16N4O2/c1-2-24-18(23)17-16(21-19-14-11-7-4-8-12-14)15(20-22-17)13-9-5-3-6-10-13/h3-12H,2H2,1H3,(H,20,22). The monoisotopic (exact) mass is 320 g/mol. The highest BCUT2D eigenvalue weighted by atomic mass is 16.5. The van der Waals surface area contributed by atoms with Gasteiger partial charge < -0.3 is 4.74 Å². The molecule has 0 bridgehead atoms. The van der Waals surface area contributed by atoms with Gasteiger partial charge in [0, 0.05) is 5.56 Å². The zero-order valence-corrected chi connectivity index (χ0v) is 13.1. The number of aromatic amines is 1. The molecule has 1 aromatic heterocycles. The molecule has 120 valence electrons. The van der Waals surface area contributed by atoms with Gasteiger partial charge >= 0.3 is 5.97 Å². The Labute approximate surface area is 139 Å². The van der Waals surface area contributed by atoms with Gasteiger partial charge in [-0.15, -0.1) is 5.11 Å². The van der Waals surface area contributed by atoms with Crippen molar-refractivity contribution in [3.8, 4) is 11.3 Å². The molecule has 0 aliphatic carbocycles. The number of nitrogens with one attached hydrogen (secondary N) is 1. The van der Waals surface area contributed by atoms with E-state index in [0.717, 1.165) is 5.56 Å². The first-order valence-corrected chi connectivity index (χ1v) is 7.57. The van der Waals surface area contributed by atoms with E-state index < -0.39 is 5.97 Å². The second-order valence-corrected chi connectivity index (χ2v) is 4.92. The van der Waals surface area contributed by atoms with Crippen LogP contribution in [0.4, 0.5) is 11.4 Å². The lowest BCUT2D eigenvalue weighted by molar-refractivity contribution is 0.0520. The average molecular weight is 320 g/mol. The van der Waals surface area contributed by atoms with Crippen molar-refractivity contribution >= 4 is 17.3 Å². The van der Waals surface area contributed by atoms with E-state index in [1.54, 1.807) is 6.92 Å². The first-order chi connectivity index (χ1) is 11.8. The number of hydrogen-bond acceptors (Lipinski definition) is 5.